The monoisotopic (exact) mass is 268 g/mol. The van der Waals surface area contributed by atoms with Crippen molar-refractivity contribution >= 4 is 0 Å². The Labute approximate surface area is 113 Å². The number of hydrogen-bond acceptors (Lipinski definition) is 4. The van der Waals surface area contributed by atoms with Gasteiger partial charge in [-0.3, -0.25) is 0 Å². The molecule has 0 aromatic heterocycles. The fourth-order valence-corrected chi connectivity index (χ4v) is 2.19. The molecule has 2 N–H and O–H groups in total. The van der Waals surface area contributed by atoms with Crippen molar-refractivity contribution in [2.45, 2.75) is 18.6 Å². The minimum Gasteiger partial charge on any atom is -0.491 e. The lowest BCUT2D eigenvalue weighted by molar-refractivity contribution is 0.104. The van der Waals surface area contributed by atoms with E-state index < -0.39 is 6.10 Å². The number of halogens is 1. The van der Waals surface area contributed by atoms with Gasteiger partial charge in [-0.05, 0) is 44.3 Å². The van der Waals surface area contributed by atoms with Gasteiger partial charge in [0.25, 0.3) is 0 Å². The summed E-state index contributed by atoms with van der Waals surface area (Å²) >= 11 is 0. The van der Waals surface area contributed by atoms with Gasteiger partial charge in [0.15, 0.2) is 0 Å². The van der Waals surface area contributed by atoms with Gasteiger partial charge in [0.2, 0.25) is 0 Å². The SMILES string of the molecule is CN1CCC(NCC(O)COc2ccc(F)cc2)C1. The molecule has 106 valence electrons. The summed E-state index contributed by atoms with van der Waals surface area (Å²) in [5.41, 5.74) is 0. The third-order valence-corrected chi connectivity index (χ3v) is 3.29. The van der Waals surface area contributed by atoms with E-state index in [4.69, 9.17) is 4.74 Å². The van der Waals surface area contributed by atoms with Gasteiger partial charge in [0, 0.05) is 19.1 Å². The summed E-state index contributed by atoms with van der Waals surface area (Å²) in [7, 11) is 2.09. The molecule has 2 atom stereocenters. The summed E-state index contributed by atoms with van der Waals surface area (Å²) < 4.78 is 18.1. The number of nitrogens with zero attached hydrogens (tertiary/aromatic N) is 1. The average Bonchev–Trinajstić information content (AvgIpc) is 2.81. The van der Waals surface area contributed by atoms with Crippen LogP contribution in [0.3, 0.4) is 0 Å². The van der Waals surface area contributed by atoms with Gasteiger partial charge in [0.05, 0.1) is 0 Å². The van der Waals surface area contributed by atoms with E-state index in [9.17, 15) is 9.50 Å². The van der Waals surface area contributed by atoms with Crippen LogP contribution in [-0.2, 0) is 0 Å². The Kier molecular flexibility index (Phi) is 5.13. The normalized spacial score (nSPS) is 21.5. The maximum Gasteiger partial charge on any atom is 0.123 e. The van der Waals surface area contributed by atoms with E-state index in [-0.39, 0.29) is 12.4 Å². The lowest BCUT2D eigenvalue weighted by atomic mass is 10.2. The second kappa shape index (κ2) is 6.84. The topological polar surface area (TPSA) is 44.7 Å². The summed E-state index contributed by atoms with van der Waals surface area (Å²) in [5, 5.41) is 13.1. The molecule has 0 amide bonds. The number of hydrogen-bond donors (Lipinski definition) is 2. The number of rotatable bonds is 6. The van der Waals surface area contributed by atoms with Crippen LogP contribution < -0.4 is 10.1 Å². The Hall–Kier alpha value is -1.17. The smallest absolute Gasteiger partial charge is 0.123 e. The Morgan fingerprint density at radius 3 is 2.84 bits per heavy atom. The van der Waals surface area contributed by atoms with Crippen molar-refractivity contribution in [1.82, 2.24) is 10.2 Å². The van der Waals surface area contributed by atoms with Crippen LogP contribution in [0.25, 0.3) is 0 Å². The molecule has 0 bridgehead atoms. The maximum atomic E-state index is 12.7. The zero-order chi connectivity index (χ0) is 13.7. The number of ether oxygens (including phenoxy) is 1. The second-order valence-electron chi connectivity index (χ2n) is 5.07. The molecule has 1 aromatic carbocycles. The Morgan fingerprint density at radius 2 is 2.21 bits per heavy atom. The van der Waals surface area contributed by atoms with Crippen LogP contribution >= 0.6 is 0 Å². The molecule has 0 saturated carbocycles. The lowest BCUT2D eigenvalue weighted by Gasteiger charge is -2.17. The van der Waals surface area contributed by atoms with Crippen LogP contribution in [-0.4, -0.2) is 55.4 Å². The first-order chi connectivity index (χ1) is 9.13. The molecule has 1 aromatic rings. The molecule has 0 aliphatic carbocycles. The van der Waals surface area contributed by atoms with Crippen LogP contribution in [0.2, 0.25) is 0 Å². The van der Waals surface area contributed by atoms with Gasteiger partial charge < -0.3 is 20.1 Å². The molecule has 2 rings (SSSR count). The molecular formula is C14H21FN2O2. The number of aliphatic hydroxyl groups is 1. The van der Waals surface area contributed by atoms with E-state index in [1.54, 1.807) is 12.1 Å². The molecule has 19 heavy (non-hydrogen) atoms. The zero-order valence-corrected chi connectivity index (χ0v) is 11.2. The van der Waals surface area contributed by atoms with E-state index in [1.165, 1.54) is 12.1 Å². The number of likely N-dealkylation sites (N-methyl/N-ethyl adjacent to an activating group) is 1. The highest BCUT2D eigenvalue weighted by Gasteiger charge is 2.19. The quantitative estimate of drug-likeness (QED) is 0.803. The highest BCUT2D eigenvalue weighted by molar-refractivity contribution is 5.22. The fraction of sp³-hybridized carbons (Fsp3) is 0.571. The molecule has 1 heterocycles. The number of benzene rings is 1. The number of likely N-dealkylation sites (tertiary alicyclic amines) is 1. The van der Waals surface area contributed by atoms with Crippen molar-refractivity contribution in [2.24, 2.45) is 0 Å². The standard InChI is InChI=1S/C14H21FN2O2/c1-17-7-6-12(9-17)16-8-13(18)10-19-14-4-2-11(15)3-5-14/h2-5,12-13,16,18H,6-10H2,1H3. The van der Waals surface area contributed by atoms with E-state index in [0.717, 1.165) is 19.5 Å². The summed E-state index contributed by atoms with van der Waals surface area (Å²) in [6.07, 6.45) is 0.554. The molecule has 1 aliphatic heterocycles. The molecule has 4 nitrogen and oxygen atoms in total. The van der Waals surface area contributed by atoms with Crippen molar-refractivity contribution in [1.29, 1.82) is 0 Å². The summed E-state index contributed by atoms with van der Waals surface area (Å²) in [6.45, 7) is 2.84. The zero-order valence-electron chi connectivity index (χ0n) is 11.2. The third kappa shape index (κ3) is 4.78. The van der Waals surface area contributed by atoms with Crippen molar-refractivity contribution in [3.8, 4) is 5.75 Å². The molecular weight excluding hydrogens is 247 g/mol. The predicted octanol–water partition coefficient (Wildman–Crippen LogP) is 0.859. The predicted molar refractivity (Wildman–Crippen MR) is 71.8 cm³/mol. The first-order valence-electron chi connectivity index (χ1n) is 6.62. The van der Waals surface area contributed by atoms with Gasteiger partial charge in [-0.1, -0.05) is 0 Å². The molecule has 1 saturated heterocycles. The molecule has 1 fully saturated rings. The lowest BCUT2D eigenvalue weighted by Crippen LogP contribution is -2.39. The van der Waals surface area contributed by atoms with Crippen LogP contribution in [0.5, 0.6) is 5.75 Å². The van der Waals surface area contributed by atoms with Gasteiger partial charge in [-0.2, -0.15) is 0 Å². The van der Waals surface area contributed by atoms with Crippen LogP contribution in [0, 0.1) is 5.82 Å². The number of nitrogens with one attached hydrogen (secondary N) is 1. The van der Waals surface area contributed by atoms with Gasteiger partial charge in [0.1, 0.15) is 24.3 Å². The van der Waals surface area contributed by atoms with Gasteiger partial charge >= 0.3 is 0 Å². The van der Waals surface area contributed by atoms with Crippen molar-refractivity contribution in [3.63, 3.8) is 0 Å². The largest absolute Gasteiger partial charge is 0.491 e. The molecule has 0 spiro atoms. The minimum absolute atomic E-state index is 0.210. The molecule has 5 heteroatoms. The maximum absolute atomic E-state index is 12.7. The second-order valence-corrected chi connectivity index (χ2v) is 5.07. The van der Waals surface area contributed by atoms with Crippen molar-refractivity contribution in [2.75, 3.05) is 33.3 Å². The first kappa shape index (κ1) is 14.2. The van der Waals surface area contributed by atoms with E-state index in [1.807, 2.05) is 0 Å². The molecule has 2 unspecified atom stereocenters. The fourth-order valence-electron chi connectivity index (χ4n) is 2.19. The summed E-state index contributed by atoms with van der Waals surface area (Å²) in [6, 6.07) is 6.25. The summed E-state index contributed by atoms with van der Waals surface area (Å²) in [4.78, 5) is 2.26. The highest BCUT2D eigenvalue weighted by atomic mass is 19.1. The number of aliphatic hydroxyl groups excluding tert-OH is 1. The average molecular weight is 268 g/mol. The van der Waals surface area contributed by atoms with Crippen molar-refractivity contribution in [3.05, 3.63) is 30.1 Å². The van der Waals surface area contributed by atoms with Gasteiger partial charge in [-0.15, -0.1) is 0 Å². The van der Waals surface area contributed by atoms with Gasteiger partial charge in [-0.25, -0.2) is 4.39 Å². The van der Waals surface area contributed by atoms with Crippen LogP contribution in [0.4, 0.5) is 4.39 Å². The van der Waals surface area contributed by atoms with Crippen LogP contribution in [0.1, 0.15) is 6.42 Å². The third-order valence-electron chi connectivity index (χ3n) is 3.29. The Morgan fingerprint density at radius 1 is 1.47 bits per heavy atom. The van der Waals surface area contributed by atoms with E-state index in [2.05, 4.69) is 17.3 Å². The first-order valence-corrected chi connectivity index (χ1v) is 6.62. The summed E-state index contributed by atoms with van der Waals surface area (Å²) in [5.74, 6) is 0.279. The Balaban J connectivity index is 1.64. The van der Waals surface area contributed by atoms with Crippen LogP contribution in [0.15, 0.2) is 24.3 Å². The van der Waals surface area contributed by atoms with E-state index >= 15 is 0 Å². The van der Waals surface area contributed by atoms with Crippen molar-refractivity contribution < 1.29 is 14.2 Å². The minimum atomic E-state index is -0.559. The Bertz CT molecular complexity index is 386. The highest BCUT2D eigenvalue weighted by Crippen LogP contribution is 2.11. The molecule has 1 aliphatic rings. The van der Waals surface area contributed by atoms with E-state index in [0.29, 0.717) is 18.3 Å². The molecule has 0 radical (unpaired) electrons.